The number of nitrogens with zero attached hydrogens (tertiary/aromatic N) is 1. The number of carboxylic acids is 1. The highest BCUT2D eigenvalue weighted by Crippen LogP contribution is 2.11. The number of likely N-dealkylation sites (N-methyl/N-ethyl adjacent to an activating group) is 1. The summed E-state index contributed by atoms with van der Waals surface area (Å²) in [4.78, 5) is 24.9. The highest BCUT2D eigenvalue weighted by Gasteiger charge is 2.21. The Morgan fingerprint density at radius 2 is 2.10 bits per heavy atom. The van der Waals surface area contributed by atoms with Gasteiger partial charge in [0.25, 0.3) is 0 Å². The second-order valence-electron chi connectivity index (χ2n) is 6.01. The Morgan fingerprint density at radius 3 is 2.67 bits per heavy atom. The highest BCUT2D eigenvalue weighted by atomic mass is 16.5. The summed E-state index contributed by atoms with van der Waals surface area (Å²) in [7, 11) is 2.01. The Balaban J connectivity index is 2.24. The van der Waals surface area contributed by atoms with Gasteiger partial charge in [0.2, 0.25) is 0 Å². The second kappa shape index (κ2) is 8.84. The molecule has 2 unspecified atom stereocenters. The quantitative estimate of drug-likeness (QED) is 0.632. The van der Waals surface area contributed by atoms with Gasteiger partial charge < -0.3 is 25.4 Å². The van der Waals surface area contributed by atoms with Crippen LogP contribution in [0.2, 0.25) is 0 Å². The minimum atomic E-state index is -0.874. The Hall–Kier alpha value is -1.34. The van der Waals surface area contributed by atoms with Gasteiger partial charge in [0.05, 0.1) is 18.6 Å². The highest BCUT2D eigenvalue weighted by molar-refractivity contribution is 5.75. The van der Waals surface area contributed by atoms with E-state index in [1.165, 1.54) is 0 Å². The number of nitrogens with one attached hydrogen (secondary N) is 2. The van der Waals surface area contributed by atoms with Crippen LogP contribution >= 0.6 is 0 Å². The number of amides is 2. The Morgan fingerprint density at radius 1 is 1.38 bits per heavy atom. The number of rotatable bonds is 7. The first-order valence-corrected chi connectivity index (χ1v) is 7.43. The van der Waals surface area contributed by atoms with Crippen molar-refractivity contribution < 1.29 is 19.4 Å². The number of hydrogen-bond donors (Lipinski definition) is 3. The number of ether oxygens (including phenoxy) is 1. The molecule has 3 N–H and O–H groups in total. The van der Waals surface area contributed by atoms with E-state index in [4.69, 9.17) is 9.84 Å². The van der Waals surface area contributed by atoms with Crippen LogP contribution in [0.3, 0.4) is 0 Å². The van der Waals surface area contributed by atoms with E-state index < -0.39 is 11.9 Å². The third-order valence-corrected chi connectivity index (χ3v) is 3.45. The zero-order valence-electron chi connectivity index (χ0n) is 13.1. The van der Waals surface area contributed by atoms with E-state index in [0.29, 0.717) is 19.6 Å². The number of hydrogen-bond acceptors (Lipinski definition) is 4. The first-order chi connectivity index (χ1) is 9.88. The first kappa shape index (κ1) is 17.7. The van der Waals surface area contributed by atoms with Gasteiger partial charge in [-0.15, -0.1) is 0 Å². The largest absolute Gasteiger partial charge is 0.481 e. The molecular weight excluding hydrogens is 274 g/mol. The molecule has 0 saturated carbocycles. The first-order valence-electron chi connectivity index (χ1n) is 7.43. The Bertz CT molecular complexity index is 349. The molecule has 1 rings (SSSR count). The standard InChI is InChI=1S/C14H27N3O4/c1-10(2)6-11(13(18)19)7-15-14(20)16-8-12-9-17(3)4-5-21-12/h10-12H,4-9H2,1-3H3,(H,18,19)(H2,15,16,20). The number of urea groups is 1. The third kappa shape index (κ3) is 7.29. The minimum absolute atomic E-state index is 0.0135. The second-order valence-corrected chi connectivity index (χ2v) is 6.01. The molecule has 21 heavy (non-hydrogen) atoms. The van der Waals surface area contributed by atoms with Gasteiger partial charge in [-0.05, 0) is 19.4 Å². The lowest BCUT2D eigenvalue weighted by atomic mass is 9.97. The van der Waals surface area contributed by atoms with Crippen LogP contribution in [-0.2, 0) is 9.53 Å². The molecule has 1 aliphatic rings. The number of aliphatic carboxylic acids is 1. The average molecular weight is 301 g/mol. The maximum Gasteiger partial charge on any atom is 0.314 e. The van der Waals surface area contributed by atoms with E-state index in [-0.39, 0.29) is 24.6 Å². The molecule has 1 heterocycles. The fraction of sp³-hybridized carbons (Fsp3) is 0.857. The summed E-state index contributed by atoms with van der Waals surface area (Å²) >= 11 is 0. The molecular formula is C14H27N3O4. The number of carbonyl (C=O) groups excluding carboxylic acids is 1. The number of morpholine rings is 1. The topological polar surface area (TPSA) is 90.9 Å². The number of carbonyl (C=O) groups is 2. The van der Waals surface area contributed by atoms with Crippen LogP contribution in [0.25, 0.3) is 0 Å². The van der Waals surface area contributed by atoms with Gasteiger partial charge in [0.15, 0.2) is 0 Å². The lowest BCUT2D eigenvalue weighted by Crippen LogP contribution is -2.48. The molecule has 7 nitrogen and oxygen atoms in total. The van der Waals surface area contributed by atoms with E-state index in [2.05, 4.69) is 15.5 Å². The van der Waals surface area contributed by atoms with Crippen LogP contribution in [0.1, 0.15) is 20.3 Å². The summed E-state index contributed by atoms with van der Waals surface area (Å²) in [5, 5.41) is 14.4. The predicted octanol–water partition coefficient (Wildman–Crippen LogP) is 0.363. The van der Waals surface area contributed by atoms with Crippen molar-refractivity contribution in [3.05, 3.63) is 0 Å². The van der Waals surface area contributed by atoms with Crippen LogP contribution < -0.4 is 10.6 Å². The molecule has 7 heteroatoms. The van der Waals surface area contributed by atoms with Crippen molar-refractivity contribution in [3.8, 4) is 0 Å². The zero-order chi connectivity index (χ0) is 15.8. The normalized spacial score (nSPS) is 21.0. The van der Waals surface area contributed by atoms with Gasteiger partial charge >= 0.3 is 12.0 Å². The van der Waals surface area contributed by atoms with E-state index in [0.717, 1.165) is 13.1 Å². The van der Waals surface area contributed by atoms with Crippen molar-refractivity contribution in [1.82, 2.24) is 15.5 Å². The molecule has 0 radical (unpaired) electrons. The molecule has 2 atom stereocenters. The predicted molar refractivity (Wildman–Crippen MR) is 79.2 cm³/mol. The molecule has 0 spiro atoms. The molecule has 0 aromatic carbocycles. The summed E-state index contributed by atoms with van der Waals surface area (Å²) in [5.41, 5.74) is 0. The summed E-state index contributed by atoms with van der Waals surface area (Å²) in [6, 6.07) is -0.346. The molecule has 2 amide bonds. The fourth-order valence-electron chi connectivity index (χ4n) is 2.32. The molecule has 0 aromatic heterocycles. The van der Waals surface area contributed by atoms with Crippen molar-refractivity contribution in [1.29, 1.82) is 0 Å². The summed E-state index contributed by atoms with van der Waals surface area (Å²) in [5.74, 6) is -1.14. The van der Waals surface area contributed by atoms with E-state index in [9.17, 15) is 9.59 Å². The van der Waals surface area contributed by atoms with E-state index in [1.807, 2.05) is 20.9 Å². The van der Waals surface area contributed by atoms with Gasteiger partial charge in [-0.2, -0.15) is 0 Å². The fourth-order valence-corrected chi connectivity index (χ4v) is 2.32. The van der Waals surface area contributed by atoms with Crippen molar-refractivity contribution >= 4 is 12.0 Å². The van der Waals surface area contributed by atoms with E-state index >= 15 is 0 Å². The van der Waals surface area contributed by atoms with Crippen molar-refractivity contribution in [2.24, 2.45) is 11.8 Å². The molecule has 1 saturated heterocycles. The smallest absolute Gasteiger partial charge is 0.314 e. The van der Waals surface area contributed by atoms with Crippen LogP contribution in [0.5, 0.6) is 0 Å². The van der Waals surface area contributed by atoms with Crippen molar-refractivity contribution in [2.45, 2.75) is 26.4 Å². The van der Waals surface area contributed by atoms with Gasteiger partial charge in [0.1, 0.15) is 0 Å². The maximum absolute atomic E-state index is 11.7. The lowest BCUT2D eigenvalue weighted by Gasteiger charge is -2.30. The monoisotopic (exact) mass is 301 g/mol. The van der Waals surface area contributed by atoms with Crippen molar-refractivity contribution in [2.75, 3.05) is 39.8 Å². The third-order valence-electron chi connectivity index (χ3n) is 3.45. The van der Waals surface area contributed by atoms with E-state index in [1.54, 1.807) is 0 Å². The average Bonchev–Trinajstić information content (AvgIpc) is 2.40. The van der Waals surface area contributed by atoms with Crippen LogP contribution in [-0.4, -0.2) is 67.9 Å². The molecule has 0 aliphatic carbocycles. The van der Waals surface area contributed by atoms with Crippen LogP contribution in [0, 0.1) is 11.8 Å². The zero-order valence-corrected chi connectivity index (χ0v) is 13.1. The van der Waals surface area contributed by atoms with Gasteiger partial charge in [-0.25, -0.2) is 4.79 Å². The van der Waals surface area contributed by atoms with Gasteiger partial charge in [-0.1, -0.05) is 13.8 Å². The summed E-state index contributed by atoms with van der Waals surface area (Å²) in [6.45, 7) is 6.85. The molecule has 122 valence electrons. The molecule has 1 fully saturated rings. The minimum Gasteiger partial charge on any atom is -0.481 e. The van der Waals surface area contributed by atoms with Gasteiger partial charge in [0, 0.05) is 26.2 Å². The lowest BCUT2D eigenvalue weighted by molar-refractivity contribution is -0.142. The summed E-state index contributed by atoms with van der Waals surface area (Å²) < 4.78 is 5.54. The molecule has 0 aromatic rings. The van der Waals surface area contributed by atoms with Gasteiger partial charge in [-0.3, -0.25) is 4.79 Å². The summed E-state index contributed by atoms with van der Waals surface area (Å²) in [6.07, 6.45) is 0.534. The van der Waals surface area contributed by atoms with Crippen molar-refractivity contribution in [3.63, 3.8) is 0 Å². The Labute approximate surface area is 126 Å². The Kier molecular flexibility index (Phi) is 7.45. The van der Waals surface area contributed by atoms with Crippen LogP contribution in [0.4, 0.5) is 4.79 Å². The molecule has 1 aliphatic heterocycles. The van der Waals surface area contributed by atoms with Crippen LogP contribution in [0.15, 0.2) is 0 Å². The molecule has 0 bridgehead atoms. The number of carboxylic acid groups (broad SMARTS) is 1. The maximum atomic E-state index is 11.7. The SMILES string of the molecule is CC(C)CC(CNC(=O)NCC1CN(C)CCO1)C(=O)O.